The molecule has 0 bridgehead atoms. The van der Waals surface area contributed by atoms with Gasteiger partial charge in [-0.05, 0) is 49.6 Å². The summed E-state index contributed by atoms with van der Waals surface area (Å²) in [5, 5.41) is 19.5. The first-order chi connectivity index (χ1) is 10.6. The molecular formula is C19H26N2O. The first-order valence-electron chi connectivity index (χ1n) is 8.30. The molecule has 0 amide bonds. The third-order valence-corrected chi connectivity index (χ3v) is 4.70. The molecule has 0 radical (unpaired) electrons. The molecular weight excluding hydrogens is 272 g/mol. The van der Waals surface area contributed by atoms with Crippen molar-refractivity contribution in [2.45, 2.75) is 50.9 Å². The van der Waals surface area contributed by atoms with E-state index in [0.717, 1.165) is 19.4 Å². The number of hydrogen-bond donors (Lipinski definition) is 3. The first kappa shape index (κ1) is 15.5. The van der Waals surface area contributed by atoms with E-state index in [-0.39, 0.29) is 6.10 Å². The molecule has 3 heteroatoms. The molecule has 3 nitrogen and oxygen atoms in total. The van der Waals surface area contributed by atoms with Crippen LogP contribution in [0.2, 0.25) is 0 Å². The van der Waals surface area contributed by atoms with Gasteiger partial charge in [0.2, 0.25) is 0 Å². The minimum absolute atomic E-state index is 0.257. The maximum absolute atomic E-state index is 9.66. The monoisotopic (exact) mass is 298 g/mol. The van der Waals surface area contributed by atoms with E-state index in [1.54, 1.807) is 0 Å². The van der Waals surface area contributed by atoms with Gasteiger partial charge in [0.15, 0.2) is 0 Å². The fraction of sp³-hybridized carbons (Fsp3) is 0.474. The molecule has 0 aliphatic carbocycles. The summed E-state index contributed by atoms with van der Waals surface area (Å²) in [6.07, 6.45) is 1.67. The highest BCUT2D eigenvalue weighted by molar-refractivity contribution is 5.86. The Morgan fingerprint density at radius 1 is 1.18 bits per heavy atom. The van der Waals surface area contributed by atoms with Crippen LogP contribution < -0.4 is 10.6 Å². The summed E-state index contributed by atoms with van der Waals surface area (Å²) in [6.45, 7) is 5.13. The van der Waals surface area contributed by atoms with E-state index < -0.39 is 0 Å². The summed E-state index contributed by atoms with van der Waals surface area (Å²) in [5.74, 6) is 0. The Kier molecular flexibility index (Phi) is 4.77. The Balaban J connectivity index is 1.77. The molecule has 2 aromatic rings. The highest BCUT2D eigenvalue weighted by Gasteiger charge is 2.29. The highest BCUT2D eigenvalue weighted by Crippen LogP contribution is 2.25. The SMILES string of the molecule is CC(O)CC1NCC[C@@H]1N[C@H](C)c1cccc2ccccc12. The van der Waals surface area contributed by atoms with E-state index in [0.29, 0.717) is 18.1 Å². The zero-order valence-electron chi connectivity index (χ0n) is 13.4. The predicted octanol–water partition coefficient (Wildman–Crippen LogP) is 2.99. The molecule has 22 heavy (non-hydrogen) atoms. The third kappa shape index (κ3) is 3.32. The van der Waals surface area contributed by atoms with Gasteiger partial charge in [-0.15, -0.1) is 0 Å². The number of benzene rings is 2. The molecule has 1 aliphatic rings. The Bertz CT molecular complexity index is 620. The first-order valence-corrected chi connectivity index (χ1v) is 8.30. The summed E-state index contributed by atoms with van der Waals surface area (Å²) in [6, 6.07) is 16.1. The van der Waals surface area contributed by atoms with E-state index >= 15 is 0 Å². The lowest BCUT2D eigenvalue weighted by Gasteiger charge is -2.26. The number of rotatable bonds is 5. The smallest absolute Gasteiger partial charge is 0.0527 e. The molecule has 1 fully saturated rings. The van der Waals surface area contributed by atoms with Crippen molar-refractivity contribution in [3.8, 4) is 0 Å². The largest absolute Gasteiger partial charge is 0.393 e. The number of aliphatic hydroxyl groups is 1. The summed E-state index contributed by atoms with van der Waals surface area (Å²) in [4.78, 5) is 0. The summed E-state index contributed by atoms with van der Waals surface area (Å²) >= 11 is 0. The van der Waals surface area contributed by atoms with Crippen molar-refractivity contribution >= 4 is 10.8 Å². The van der Waals surface area contributed by atoms with Crippen LogP contribution in [0.25, 0.3) is 10.8 Å². The lowest BCUT2D eigenvalue weighted by molar-refractivity contribution is 0.164. The van der Waals surface area contributed by atoms with Crippen LogP contribution in [-0.2, 0) is 0 Å². The second kappa shape index (κ2) is 6.78. The minimum Gasteiger partial charge on any atom is -0.393 e. The molecule has 3 N–H and O–H groups in total. The standard InChI is InChI=1S/C19H26N2O/c1-13(22)12-19-18(10-11-20-19)21-14(2)16-9-5-7-15-6-3-4-8-17(15)16/h3-9,13-14,18-22H,10-12H2,1-2H3/t13?,14-,18+,19?/m1/s1. The number of fused-ring (bicyclic) bond motifs is 1. The van der Waals surface area contributed by atoms with E-state index in [1.165, 1.54) is 16.3 Å². The van der Waals surface area contributed by atoms with Gasteiger partial charge in [-0.2, -0.15) is 0 Å². The lowest BCUT2D eigenvalue weighted by Crippen LogP contribution is -2.43. The van der Waals surface area contributed by atoms with Crippen LogP contribution >= 0.6 is 0 Å². The summed E-state index contributed by atoms with van der Waals surface area (Å²) < 4.78 is 0. The molecule has 3 rings (SSSR count). The normalized spacial score (nSPS) is 24.5. The molecule has 1 aliphatic heterocycles. The highest BCUT2D eigenvalue weighted by atomic mass is 16.3. The van der Waals surface area contributed by atoms with Crippen molar-refractivity contribution < 1.29 is 5.11 Å². The number of aliphatic hydroxyl groups excluding tert-OH is 1. The fourth-order valence-electron chi connectivity index (χ4n) is 3.62. The Labute approximate surface area is 132 Å². The van der Waals surface area contributed by atoms with Gasteiger partial charge >= 0.3 is 0 Å². The van der Waals surface area contributed by atoms with Crippen molar-refractivity contribution in [1.82, 2.24) is 10.6 Å². The van der Waals surface area contributed by atoms with Crippen LogP contribution in [0.3, 0.4) is 0 Å². The van der Waals surface area contributed by atoms with Gasteiger partial charge in [-0.1, -0.05) is 42.5 Å². The second-order valence-electron chi connectivity index (χ2n) is 6.50. The second-order valence-corrected chi connectivity index (χ2v) is 6.50. The maximum Gasteiger partial charge on any atom is 0.0527 e. The topological polar surface area (TPSA) is 44.3 Å². The van der Waals surface area contributed by atoms with Gasteiger partial charge in [0.05, 0.1) is 6.10 Å². The van der Waals surface area contributed by atoms with Crippen LogP contribution in [0.15, 0.2) is 42.5 Å². The zero-order chi connectivity index (χ0) is 15.5. The Hall–Kier alpha value is -1.42. The zero-order valence-corrected chi connectivity index (χ0v) is 13.4. The van der Waals surface area contributed by atoms with Crippen LogP contribution in [0.4, 0.5) is 0 Å². The van der Waals surface area contributed by atoms with Crippen molar-refractivity contribution in [2.75, 3.05) is 6.54 Å². The van der Waals surface area contributed by atoms with Gasteiger partial charge in [-0.25, -0.2) is 0 Å². The van der Waals surface area contributed by atoms with Crippen LogP contribution in [-0.4, -0.2) is 29.8 Å². The molecule has 1 saturated heterocycles. The van der Waals surface area contributed by atoms with Crippen molar-refractivity contribution in [2.24, 2.45) is 0 Å². The minimum atomic E-state index is -0.257. The molecule has 0 saturated carbocycles. The van der Waals surface area contributed by atoms with E-state index in [4.69, 9.17) is 0 Å². The van der Waals surface area contributed by atoms with E-state index in [2.05, 4.69) is 60.0 Å². The van der Waals surface area contributed by atoms with Gasteiger partial charge in [0, 0.05) is 18.1 Å². The van der Waals surface area contributed by atoms with Crippen LogP contribution in [0, 0.1) is 0 Å². The molecule has 2 unspecified atom stereocenters. The average molecular weight is 298 g/mol. The van der Waals surface area contributed by atoms with Gasteiger partial charge < -0.3 is 15.7 Å². The molecule has 2 aromatic carbocycles. The molecule has 118 valence electrons. The lowest BCUT2D eigenvalue weighted by atomic mass is 9.97. The van der Waals surface area contributed by atoms with Crippen LogP contribution in [0.1, 0.15) is 38.3 Å². The Morgan fingerprint density at radius 3 is 2.77 bits per heavy atom. The van der Waals surface area contributed by atoms with Gasteiger partial charge in [-0.3, -0.25) is 0 Å². The van der Waals surface area contributed by atoms with Crippen LogP contribution in [0.5, 0.6) is 0 Å². The quantitative estimate of drug-likeness (QED) is 0.795. The predicted molar refractivity (Wildman–Crippen MR) is 92.0 cm³/mol. The van der Waals surface area contributed by atoms with Crippen molar-refractivity contribution in [3.05, 3.63) is 48.0 Å². The van der Waals surface area contributed by atoms with Crippen molar-refractivity contribution in [3.63, 3.8) is 0 Å². The fourth-order valence-corrected chi connectivity index (χ4v) is 3.62. The summed E-state index contributed by atoms with van der Waals surface area (Å²) in [7, 11) is 0. The number of nitrogens with one attached hydrogen (secondary N) is 2. The average Bonchev–Trinajstić information content (AvgIpc) is 2.93. The van der Waals surface area contributed by atoms with Gasteiger partial charge in [0.25, 0.3) is 0 Å². The van der Waals surface area contributed by atoms with Crippen molar-refractivity contribution in [1.29, 1.82) is 0 Å². The molecule has 0 aromatic heterocycles. The third-order valence-electron chi connectivity index (χ3n) is 4.70. The molecule has 1 heterocycles. The molecule has 0 spiro atoms. The van der Waals surface area contributed by atoms with E-state index in [1.807, 2.05) is 6.92 Å². The molecule has 4 atom stereocenters. The Morgan fingerprint density at radius 2 is 1.95 bits per heavy atom. The van der Waals surface area contributed by atoms with Gasteiger partial charge in [0.1, 0.15) is 0 Å². The summed E-state index contributed by atoms with van der Waals surface area (Å²) in [5.41, 5.74) is 1.35. The maximum atomic E-state index is 9.66. The van der Waals surface area contributed by atoms with E-state index in [9.17, 15) is 5.11 Å². The number of hydrogen-bond acceptors (Lipinski definition) is 3.